The number of ether oxygens (including phenoxy) is 3. The number of halogens is 2. The van der Waals surface area contributed by atoms with Crippen LogP contribution in [-0.4, -0.2) is 32.7 Å². The molecule has 0 aliphatic rings. The Morgan fingerprint density at radius 2 is 1.96 bits per heavy atom. The Bertz CT molecular complexity index is 869. The number of hydrogen-bond acceptors (Lipinski definition) is 5. The van der Waals surface area contributed by atoms with Crippen LogP contribution in [0.4, 0.5) is 10.1 Å². The molecule has 2 aromatic rings. The van der Waals surface area contributed by atoms with E-state index in [0.29, 0.717) is 17.1 Å². The zero-order chi connectivity index (χ0) is 19.8. The van der Waals surface area contributed by atoms with Crippen molar-refractivity contribution in [2.24, 2.45) is 0 Å². The molecule has 0 bridgehead atoms. The van der Waals surface area contributed by atoms with Crippen molar-refractivity contribution in [2.45, 2.75) is 0 Å². The predicted molar refractivity (Wildman–Crippen MR) is 99.6 cm³/mol. The maximum absolute atomic E-state index is 13.6. The fraction of sp³-hybridized carbons (Fsp3) is 0.158. The summed E-state index contributed by atoms with van der Waals surface area (Å²) < 4.78 is 28.9. The van der Waals surface area contributed by atoms with Crippen molar-refractivity contribution in [2.75, 3.05) is 26.1 Å². The average Bonchev–Trinajstić information content (AvgIpc) is 2.66. The van der Waals surface area contributed by atoms with Crippen molar-refractivity contribution in [3.8, 4) is 11.5 Å². The monoisotopic (exact) mass is 393 g/mol. The molecule has 0 atom stereocenters. The van der Waals surface area contributed by atoms with Crippen LogP contribution in [0.3, 0.4) is 0 Å². The van der Waals surface area contributed by atoms with E-state index in [2.05, 4.69) is 5.32 Å². The number of anilines is 1. The standard InChI is InChI=1S/C19H17ClFNO5/c1-25-16-5-3-4-12(19(16)26-2)6-9-18(24)27-11-17(23)22-15-8-7-13(20)10-14(15)21/h3-10H,11H2,1-2H3,(H,22,23)/b9-6+. The Morgan fingerprint density at radius 3 is 2.63 bits per heavy atom. The molecule has 0 radical (unpaired) electrons. The zero-order valence-corrected chi connectivity index (χ0v) is 15.4. The molecule has 8 heteroatoms. The predicted octanol–water partition coefficient (Wildman–Crippen LogP) is 3.69. The molecule has 142 valence electrons. The molecule has 1 amide bonds. The molecule has 0 heterocycles. The molecule has 0 saturated carbocycles. The van der Waals surface area contributed by atoms with Crippen molar-refractivity contribution in [3.63, 3.8) is 0 Å². The van der Waals surface area contributed by atoms with Crippen LogP contribution < -0.4 is 14.8 Å². The third-order valence-corrected chi connectivity index (χ3v) is 3.62. The van der Waals surface area contributed by atoms with Crippen LogP contribution in [0.25, 0.3) is 6.08 Å². The highest BCUT2D eigenvalue weighted by molar-refractivity contribution is 6.30. The van der Waals surface area contributed by atoms with Gasteiger partial charge >= 0.3 is 5.97 Å². The summed E-state index contributed by atoms with van der Waals surface area (Å²) in [5.41, 5.74) is 0.540. The fourth-order valence-electron chi connectivity index (χ4n) is 2.16. The number of nitrogens with one attached hydrogen (secondary N) is 1. The summed E-state index contributed by atoms with van der Waals surface area (Å²) in [7, 11) is 2.98. The van der Waals surface area contributed by atoms with Gasteiger partial charge in [-0.3, -0.25) is 4.79 Å². The molecular weight excluding hydrogens is 377 g/mol. The van der Waals surface area contributed by atoms with Crippen molar-refractivity contribution in [3.05, 3.63) is 58.9 Å². The lowest BCUT2D eigenvalue weighted by Crippen LogP contribution is -2.20. The topological polar surface area (TPSA) is 73.9 Å². The van der Waals surface area contributed by atoms with Gasteiger partial charge in [-0.05, 0) is 30.3 Å². The normalized spacial score (nSPS) is 10.5. The minimum atomic E-state index is -0.744. The molecule has 2 aromatic carbocycles. The van der Waals surface area contributed by atoms with Gasteiger partial charge in [0.15, 0.2) is 18.1 Å². The minimum Gasteiger partial charge on any atom is -0.493 e. The summed E-state index contributed by atoms with van der Waals surface area (Å²) in [4.78, 5) is 23.5. The molecule has 2 rings (SSSR count). The second-order valence-corrected chi connectivity index (χ2v) is 5.63. The van der Waals surface area contributed by atoms with Gasteiger partial charge in [0.2, 0.25) is 0 Å². The first-order chi connectivity index (χ1) is 12.9. The summed E-state index contributed by atoms with van der Waals surface area (Å²) in [6.07, 6.45) is 2.62. The van der Waals surface area contributed by atoms with Crippen LogP contribution in [0, 0.1) is 5.82 Å². The van der Waals surface area contributed by atoms with E-state index in [1.54, 1.807) is 18.2 Å². The molecule has 6 nitrogen and oxygen atoms in total. The van der Waals surface area contributed by atoms with Crippen molar-refractivity contribution in [1.29, 1.82) is 0 Å². The number of rotatable bonds is 7. The van der Waals surface area contributed by atoms with E-state index in [0.717, 1.165) is 12.1 Å². The third-order valence-electron chi connectivity index (χ3n) is 3.38. The third kappa shape index (κ3) is 5.72. The van der Waals surface area contributed by atoms with Gasteiger partial charge in [0.05, 0.1) is 19.9 Å². The minimum absolute atomic E-state index is 0.0582. The molecule has 0 aliphatic heterocycles. The summed E-state index contributed by atoms with van der Waals surface area (Å²) >= 11 is 5.64. The molecule has 0 spiro atoms. The van der Waals surface area contributed by atoms with Crippen LogP contribution in [0.2, 0.25) is 5.02 Å². The van der Waals surface area contributed by atoms with Crippen LogP contribution in [-0.2, 0) is 14.3 Å². The number of esters is 1. The number of carbonyl (C=O) groups is 2. The molecule has 0 fully saturated rings. The van der Waals surface area contributed by atoms with Gasteiger partial charge in [0.25, 0.3) is 5.91 Å². The molecule has 1 N–H and O–H groups in total. The van der Waals surface area contributed by atoms with Gasteiger partial charge in [-0.2, -0.15) is 0 Å². The highest BCUT2D eigenvalue weighted by Gasteiger charge is 2.10. The number of benzene rings is 2. The van der Waals surface area contributed by atoms with Crippen LogP contribution >= 0.6 is 11.6 Å². The molecule has 0 aliphatic carbocycles. The van der Waals surface area contributed by atoms with Gasteiger partial charge in [-0.15, -0.1) is 0 Å². The smallest absolute Gasteiger partial charge is 0.331 e. The van der Waals surface area contributed by atoms with E-state index in [4.69, 9.17) is 25.8 Å². The molecule has 0 unspecified atom stereocenters. The average molecular weight is 394 g/mol. The number of hydrogen-bond donors (Lipinski definition) is 1. The van der Waals surface area contributed by atoms with E-state index in [9.17, 15) is 14.0 Å². The lowest BCUT2D eigenvalue weighted by atomic mass is 10.1. The SMILES string of the molecule is COc1cccc(/C=C/C(=O)OCC(=O)Nc2ccc(Cl)cc2F)c1OC. The Morgan fingerprint density at radius 1 is 1.19 bits per heavy atom. The van der Waals surface area contributed by atoms with E-state index in [1.807, 2.05) is 0 Å². The van der Waals surface area contributed by atoms with E-state index in [-0.39, 0.29) is 10.7 Å². The quantitative estimate of drug-likeness (QED) is 0.573. The Labute approximate surface area is 160 Å². The Hall–Kier alpha value is -3.06. The van der Waals surface area contributed by atoms with Gasteiger partial charge < -0.3 is 19.5 Å². The number of methoxy groups -OCH3 is 2. The summed E-state index contributed by atoms with van der Waals surface area (Å²) in [6, 6.07) is 8.98. The molecular formula is C19H17ClFNO5. The van der Waals surface area contributed by atoms with E-state index in [1.165, 1.54) is 32.4 Å². The van der Waals surface area contributed by atoms with Crippen molar-refractivity contribution < 1.29 is 28.2 Å². The van der Waals surface area contributed by atoms with Crippen LogP contribution in [0.15, 0.2) is 42.5 Å². The second-order valence-electron chi connectivity index (χ2n) is 5.20. The van der Waals surface area contributed by atoms with Gasteiger partial charge in [0.1, 0.15) is 5.82 Å². The van der Waals surface area contributed by atoms with Crippen molar-refractivity contribution in [1.82, 2.24) is 0 Å². The fourth-order valence-corrected chi connectivity index (χ4v) is 2.32. The molecule has 27 heavy (non-hydrogen) atoms. The maximum atomic E-state index is 13.6. The summed E-state index contributed by atoms with van der Waals surface area (Å²) in [5.74, 6) is -1.15. The number of amides is 1. The van der Waals surface area contributed by atoms with Crippen molar-refractivity contribution >= 4 is 35.2 Å². The Balaban J connectivity index is 1.92. The van der Waals surface area contributed by atoms with E-state index < -0.39 is 24.3 Å². The molecule has 0 aromatic heterocycles. The first-order valence-corrected chi connectivity index (χ1v) is 8.13. The highest BCUT2D eigenvalue weighted by Crippen LogP contribution is 2.31. The number of para-hydroxylation sites is 1. The highest BCUT2D eigenvalue weighted by atomic mass is 35.5. The van der Waals surface area contributed by atoms with Gasteiger partial charge in [0, 0.05) is 16.7 Å². The maximum Gasteiger partial charge on any atom is 0.331 e. The van der Waals surface area contributed by atoms with Gasteiger partial charge in [-0.25, -0.2) is 9.18 Å². The van der Waals surface area contributed by atoms with Crippen LogP contribution in [0.1, 0.15) is 5.56 Å². The first kappa shape index (κ1) is 20.3. The van der Waals surface area contributed by atoms with Crippen LogP contribution in [0.5, 0.6) is 11.5 Å². The summed E-state index contributed by atoms with van der Waals surface area (Å²) in [5, 5.41) is 2.49. The zero-order valence-electron chi connectivity index (χ0n) is 14.6. The first-order valence-electron chi connectivity index (χ1n) is 7.75. The number of carbonyl (C=O) groups excluding carboxylic acids is 2. The second kappa shape index (κ2) is 9.59. The summed E-state index contributed by atoms with van der Waals surface area (Å²) in [6.45, 7) is -0.569. The largest absolute Gasteiger partial charge is 0.493 e. The lowest BCUT2D eigenvalue weighted by Gasteiger charge is -2.09. The lowest BCUT2D eigenvalue weighted by molar-refractivity contribution is -0.142. The van der Waals surface area contributed by atoms with E-state index >= 15 is 0 Å². The van der Waals surface area contributed by atoms with Gasteiger partial charge in [-0.1, -0.05) is 23.7 Å². The Kier molecular flexibility index (Phi) is 7.19. The molecule has 0 saturated heterocycles.